The molecule has 216 valence electrons. The first-order valence-corrected chi connectivity index (χ1v) is 15.3. The van der Waals surface area contributed by atoms with E-state index in [0.29, 0.717) is 13.2 Å². The van der Waals surface area contributed by atoms with Crippen molar-refractivity contribution >= 4 is 22.3 Å². The summed E-state index contributed by atoms with van der Waals surface area (Å²) in [6.07, 6.45) is 9.52. The highest BCUT2D eigenvalue weighted by atomic mass is 16.5. The van der Waals surface area contributed by atoms with E-state index in [9.17, 15) is 5.11 Å². The summed E-state index contributed by atoms with van der Waals surface area (Å²) < 4.78 is 11.6. The van der Waals surface area contributed by atoms with Crippen LogP contribution in [-0.4, -0.2) is 47.4 Å². The van der Waals surface area contributed by atoms with Crippen LogP contribution >= 0.6 is 0 Å². The molecular formula is C36H39N3O3. The van der Waals surface area contributed by atoms with Gasteiger partial charge in [0, 0.05) is 47.4 Å². The van der Waals surface area contributed by atoms with Gasteiger partial charge in [0.05, 0.1) is 42.4 Å². The van der Waals surface area contributed by atoms with Gasteiger partial charge in [-0.05, 0) is 91.6 Å². The standard InChI is InChI=1S/C36H39N3O3/c1-4-41-22-32-23(2)39-21-31-28(13-10-25-8-11-27(12-9-25)38-15-6-5-7-16-38)30-20-35-26(14-17-42-35)18-33(30)37-36(31)34(39)19-29(32)24(3)40/h4,8-9,11-12,18-20,24,40H,1-2,5-7,10,13-17,21-22H2,3H3. The number of aromatic nitrogens is 1. The van der Waals surface area contributed by atoms with Gasteiger partial charge in [-0.1, -0.05) is 25.3 Å². The first kappa shape index (κ1) is 26.8. The van der Waals surface area contributed by atoms with E-state index in [1.54, 1.807) is 6.92 Å². The van der Waals surface area contributed by atoms with Gasteiger partial charge in [0.1, 0.15) is 12.4 Å². The minimum absolute atomic E-state index is 0.318. The number of hydrogen-bond acceptors (Lipinski definition) is 6. The van der Waals surface area contributed by atoms with Gasteiger partial charge in [0.15, 0.2) is 0 Å². The smallest absolute Gasteiger partial charge is 0.123 e. The maximum absolute atomic E-state index is 10.7. The molecule has 2 aromatic carbocycles. The number of pyridine rings is 1. The molecule has 0 amide bonds. The highest BCUT2D eigenvalue weighted by molar-refractivity contribution is 5.90. The largest absolute Gasteiger partial charge is 0.497 e. The van der Waals surface area contributed by atoms with E-state index < -0.39 is 6.10 Å². The summed E-state index contributed by atoms with van der Waals surface area (Å²) in [5, 5.41) is 11.9. The number of piperidine rings is 1. The Morgan fingerprint density at radius 3 is 2.69 bits per heavy atom. The number of benzene rings is 2. The molecule has 0 saturated carbocycles. The summed E-state index contributed by atoms with van der Waals surface area (Å²) in [6, 6.07) is 13.6. The second kappa shape index (κ2) is 11.0. The zero-order valence-electron chi connectivity index (χ0n) is 24.5. The number of aryl methyl sites for hydroxylation is 2. The lowest BCUT2D eigenvalue weighted by atomic mass is 9.93. The average Bonchev–Trinajstić information content (AvgIpc) is 3.62. The number of aliphatic hydroxyl groups is 1. The Bertz CT molecular complexity index is 1630. The fraction of sp³-hybridized carbons (Fsp3) is 0.361. The second-order valence-electron chi connectivity index (χ2n) is 11.9. The van der Waals surface area contributed by atoms with Gasteiger partial charge in [-0.2, -0.15) is 0 Å². The fourth-order valence-electron chi connectivity index (χ4n) is 7.01. The molecule has 4 aliphatic heterocycles. The van der Waals surface area contributed by atoms with Crippen molar-refractivity contribution in [1.82, 2.24) is 9.88 Å². The summed E-state index contributed by atoms with van der Waals surface area (Å²) in [4.78, 5) is 9.99. The molecule has 4 aliphatic rings. The maximum atomic E-state index is 10.7. The van der Waals surface area contributed by atoms with E-state index in [1.165, 1.54) is 58.9 Å². The zero-order valence-corrected chi connectivity index (χ0v) is 24.5. The van der Waals surface area contributed by atoms with Gasteiger partial charge >= 0.3 is 0 Å². The molecule has 1 aromatic heterocycles. The molecule has 6 nitrogen and oxygen atoms in total. The van der Waals surface area contributed by atoms with Crippen molar-refractivity contribution < 1.29 is 14.6 Å². The first-order valence-electron chi connectivity index (χ1n) is 15.3. The molecular weight excluding hydrogens is 522 g/mol. The van der Waals surface area contributed by atoms with E-state index in [0.717, 1.165) is 78.5 Å². The van der Waals surface area contributed by atoms with Crippen molar-refractivity contribution in [3.05, 3.63) is 107 Å². The van der Waals surface area contributed by atoms with E-state index >= 15 is 0 Å². The summed E-state index contributed by atoms with van der Waals surface area (Å²) in [6.45, 7) is 14.0. The van der Waals surface area contributed by atoms with Gasteiger partial charge in [0.25, 0.3) is 0 Å². The number of ether oxygens (including phenoxy) is 2. The third-order valence-electron chi connectivity index (χ3n) is 9.30. The number of hydrogen-bond donors (Lipinski definition) is 1. The number of aliphatic hydroxyl groups excluding tert-OH is 1. The van der Waals surface area contributed by atoms with Gasteiger partial charge in [-0.3, -0.25) is 0 Å². The minimum Gasteiger partial charge on any atom is -0.497 e. The Morgan fingerprint density at radius 1 is 1.12 bits per heavy atom. The van der Waals surface area contributed by atoms with Crippen LogP contribution in [0.15, 0.2) is 78.7 Å². The number of nitrogens with zero attached hydrogens (tertiary/aromatic N) is 3. The van der Waals surface area contributed by atoms with Gasteiger partial charge in [-0.15, -0.1) is 0 Å². The predicted octanol–water partition coefficient (Wildman–Crippen LogP) is 6.47. The third kappa shape index (κ3) is 4.68. The molecule has 1 fully saturated rings. The molecule has 0 aliphatic carbocycles. The van der Waals surface area contributed by atoms with Crippen LogP contribution in [0.4, 0.5) is 5.69 Å². The lowest BCUT2D eigenvalue weighted by Crippen LogP contribution is -2.29. The van der Waals surface area contributed by atoms with Crippen molar-refractivity contribution in [2.75, 3.05) is 31.2 Å². The second-order valence-corrected chi connectivity index (χ2v) is 11.9. The van der Waals surface area contributed by atoms with E-state index in [-0.39, 0.29) is 0 Å². The molecule has 5 heterocycles. The van der Waals surface area contributed by atoms with Crippen LogP contribution in [0.25, 0.3) is 16.6 Å². The van der Waals surface area contributed by atoms with Crippen molar-refractivity contribution in [2.24, 2.45) is 0 Å². The van der Waals surface area contributed by atoms with Crippen molar-refractivity contribution in [3.63, 3.8) is 0 Å². The minimum atomic E-state index is -0.655. The normalized spacial score (nSPS) is 18.4. The Hall–Kier alpha value is -4.03. The highest BCUT2D eigenvalue weighted by Crippen LogP contribution is 2.45. The van der Waals surface area contributed by atoms with Crippen LogP contribution in [0.5, 0.6) is 5.75 Å². The summed E-state index contributed by atoms with van der Waals surface area (Å²) in [5.41, 5.74) is 12.0. The lowest BCUT2D eigenvalue weighted by molar-refractivity contribution is 0.226. The van der Waals surface area contributed by atoms with Crippen LogP contribution in [0.2, 0.25) is 0 Å². The molecule has 1 unspecified atom stereocenters. The van der Waals surface area contributed by atoms with Crippen LogP contribution in [0, 0.1) is 0 Å². The molecule has 42 heavy (non-hydrogen) atoms. The number of rotatable bonds is 8. The topological polar surface area (TPSA) is 58.1 Å². The van der Waals surface area contributed by atoms with Crippen LogP contribution in [0.3, 0.4) is 0 Å². The SMILES string of the molecule is C=COCC1=C(C(C)O)C=C2c3nc4cc5c(cc4c(CCc4ccc(N6CCCCC6)cc4)c3CN2C1=C)OCC5. The Morgan fingerprint density at radius 2 is 1.93 bits per heavy atom. The monoisotopic (exact) mass is 561 g/mol. The zero-order chi connectivity index (χ0) is 28.8. The predicted molar refractivity (Wildman–Crippen MR) is 168 cm³/mol. The van der Waals surface area contributed by atoms with E-state index in [4.69, 9.17) is 14.5 Å². The molecule has 7 rings (SSSR count). The van der Waals surface area contributed by atoms with Crippen LogP contribution in [0.1, 0.15) is 54.1 Å². The van der Waals surface area contributed by atoms with Gasteiger partial charge in [0.2, 0.25) is 0 Å². The van der Waals surface area contributed by atoms with Crippen molar-refractivity contribution in [1.29, 1.82) is 0 Å². The molecule has 1 atom stereocenters. The van der Waals surface area contributed by atoms with Crippen molar-refractivity contribution in [3.8, 4) is 5.75 Å². The molecule has 1 saturated heterocycles. The van der Waals surface area contributed by atoms with Crippen molar-refractivity contribution in [2.45, 2.75) is 58.1 Å². The Balaban J connectivity index is 1.27. The summed E-state index contributed by atoms with van der Waals surface area (Å²) in [7, 11) is 0. The molecule has 3 aromatic rings. The quantitative estimate of drug-likeness (QED) is 0.318. The maximum Gasteiger partial charge on any atom is 0.123 e. The van der Waals surface area contributed by atoms with E-state index in [1.807, 2.05) is 0 Å². The molecule has 0 radical (unpaired) electrons. The fourth-order valence-corrected chi connectivity index (χ4v) is 7.01. The molecule has 0 spiro atoms. The van der Waals surface area contributed by atoms with Crippen LogP contribution in [-0.2, 0) is 30.5 Å². The Labute approximate surface area is 248 Å². The Kier molecular flexibility index (Phi) is 7.02. The lowest BCUT2D eigenvalue weighted by Gasteiger charge is -2.31. The van der Waals surface area contributed by atoms with Gasteiger partial charge in [-0.25, -0.2) is 4.98 Å². The highest BCUT2D eigenvalue weighted by Gasteiger charge is 2.36. The molecule has 0 bridgehead atoms. The van der Waals surface area contributed by atoms with E-state index in [2.05, 4.69) is 65.4 Å². The summed E-state index contributed by atoms with van der Waals surface area (Å²) >= 11 is 0. The van der Waals surface area contributed by atoms with Crippen LogP contribution < -0.4 is 9.64 Å². The first-order chi connectivity index (χ1) is 20.5. The number of fused-ring (bicyclic) bond motifs is 5. The number of anilines is 1. The third-order valence-corrected chi connectivity index (χ3v) is 9.30. The molecule has 1 N–H and O–H groups in total. The average molecular weight is 562 g/mol. The molecule has 6 heteroatoms. The van der Waals surface area contributed by atoms with Gasteiger partial charge < -0.3 is 24.4 Å². The summed E-state index contributed by atoms with van der Waals surface area (Å²) in [5.74, 6) is 0.984.